The van der Waals surface area contributed by atoms with Gasteiger partial charge in [0, 0.05) is 43.1 Å². The summed E-state index contributed by atoms with van der Waals surface area (Å²) in [7, 11) is 0. The lowest BCUT2D eigenvalue weighted by Gasteiger charge is -2.31. The molecule has 0 saturated carbocycles. The number of carbonyl (C=O) groups is 8. The highest BCUT2D eigenvalue weighted by Crippen LogP contribution is 2.21. The van der Waals surface area contributed by atoms with Gasteiger partial charge in [0.15, 0.2) is 5.96 Å². The molecule has 2 aromatic rings. The first-order valence-corrected chi connectivity index (χ1v) is 24.0. The van der Waals surface area contributed by atoms with E-state index in [1.165, 1.54) is 40.9 Å². The van der Waals surface area contributed by atoms with Crippen molar-refractivity contribution in [3.63, 3.8) is 0 Å². The summed E-state index contributed by atoms with van der Waals surface area (Å²) in [5, 5.41) is 36.5. The predicted octanol–water partition coefficient (Wildman–Crippen LogP) is -0.522. The molecule has 0 bridgehead atoms. The zero-order valence-corrected chi connectivity index (χ0v) is 39.7. The number of halogens is 2. The first-order valence-electron chi connectivity index (χ1n) is 22.5. The minimum Gasteiger partial charge on any atom is -0.394 e. The molecule has 2 aliphatic rings. The fourth-order valence-electron chi connectivity index (χ4n) is 7.69. The number of benzene rings is 2. The Hall–Kier alpha value is -6.00. The lowest BCUT2D eigenvalue weighted by molar-refractivity contribution is -0.142. The molecule has 0 spiro atoms. The number of nitrogens with two attached hydrogens (primary N) is 2. The van der Waals surface area contributed by atoms with Crippen molar-refractivity contribution in [2.24, 2.45) is 17.4 Å². The minimum atomic E-state index is -1.63. The van der Waals surface area contributed by atoms with Crippen LogP contribution in [0.25, 0.3) is 0 Å². The van der Waals surface area contributed by atoms with E-state index in [9.17, 15) is 47.9 Å². The third kappa shape index (κ3) is 17.6. The standard InChI is InChI=1S/C45H63ClFN11O9S/c1-25(2)38-43(66)55-33(22-36(48)60)40(63)56-34(44(67)58-18-4-7-35(58)42(65)52-30(23-59)6-3-17-51-45(49)50)24-68-19-5-8-37(61)53-31(20-26-9-13-28(46)14-10-26)39(62)54-32(41(64)57-38)21-27-11-15-29(47)16-12-27/h9-16,25,30-35,38,59H,3-8,17-24H2,1-2H3,(H2,48,60)(H,52,65)(H,53,61)(H,54,62)(H,55,66)(H,56,63)(H,57,64)(H4,49,50,51)/t30-,31+,32+,33+,34+,35+,38+/m1/s1. The van der Waals surface area contributed by atoms with E-state index in [0.29, 0.717) is 47.7 Å². The van der Waals surface area contributed by atoms with E-state index < -0.39 is 108 Å². The van der Waals surface area contributed by atoms with E-state index in [2.05, 4.69) is 37.2 Å². The fourth-order valence-corrected chi connectivity index (χ4v) is 8.80. The van der Waals surface area contributed by atoms with Crippen LogP contribution in [0.1, 0.15) is 69.9 Å². The predicted molar refractivity (Wildman–Crippen MR) is 253 cm³/mol. The monoisotopic (exact) mass is 987 g/mol. The van der Waals surface area contributed by atoms with Gasteiger partial charge in [-0.2, -0.15) is 11.8 Å². The van der Waals surface area contributed by atoms with Gasteiger partial charge in [-0.1, -0.05) is 49.7 Å². The number of aliphatic hydroxyl groups excluding tert-OH is 1. The van der Waals surface area contributed by atoms with Crippen LogP contribution in [0.3, 0.4) is 0 Å². The van der Waals surface area contributed by atoms with E-state index in [4.69, 9.17) is 28.5 Å². The van der Waals surface area contributed by atoms with Crippen LogP contribution in [0.15, 0.2) is 48.5 Å². The van der Waals surface area contributed by atoms with Crippen LogP contribution >= 0.6 is 23.4 Å². The van der Waals surface area contributed by atoms with Crippen molar-refractivity contribution < 1.29 is 47.9 Å². The molecule has 0 aromatic heterocycles. The number of nitrogens with zero attached hydrogens (tertiary/aromatic N) is 1. The number of aliphatic hydroxyl groups is 1. The normalized spacial score (nSPS) is 23.0. The summed E-state index contributed by atoms with van der Waals surface area (Å²) in [5.74, 6) is -7.18. The maximum atomic E-state index is 14.4. The highest BCUT2D eigenvalue weighted by molar-refractivity contribution is 7.99. The van der Waals surface area contributed by atoms with Gasteiger partial charge in [0.05, 0.1) is 19.1 Å². The number of rotatable bonds is 15. The number of hydrogen-bond donors (Lipinski definition) is 11. The molecule has 0 aliphatic carbocycles. The molecule has 68 heavy (non-hydrogen) atoms. The van der Waals surface area contributed by atoms with E-state index in [-0.39, 0.29) is 57.0 Å². The third-order valence-electron chi connectivity index (χ3n) is 11.3. The van der Waals surface area contributed by atoms with Gasteiger partial charge in [0.25, 0.3) is 0 Å². The Morgan fingerprint density at radius 1 is 0.868 bits per heavy atom. The molecule has 2 heterocycles. The van der Waals surface area contributed by atoms with Crippen LogP contribution in [0.5, 0.6) is 0 Å². The number of nitrogens with one attached hydrogen (secondary N) is 8. The van der Waals surface area contributed by atoms with Gasteiger partial charge in [-0.05, 0) is 79.2 Å². The van der Waals surface area contributed by atoms with Crippen LogP contribution < -0.4 is 48.7 Å². The van der Waals surface area contributed by atoms with Gasteiger partial charge >= 0.3 is 0 Å². The van der Waals surface area contributed by atoms with Crippen LogP contribution in [0.2, 0.25) is 5.02 Å². The lowest BCUT2D eigenvalue weighted by atomic mass is 9.99. The molecule has 4 rings (SSSR count). The summed E-state index contributed by atoms with van der Waals surface area (Å²) >= 11 is 7.33. The van der Waals surface area contributed by atoms with Gasteiger partial charge in [-0.15, -0.1) is 0 Å². The fraction of sp³-hybridized carbons (Fsp3) is 0.533. The van der Waals surface area contributed by atoms with Gasteiger partial charge in [-0.3, -0.25) is 43.8 Å². The van der Waals surface area contributed by atoms with Gasteiger partial charge in [-0.25, -0.2) is 4.39 Å². The van der Waals surface area contributed by atoms with Crippen molar-refractivity contribution in [1.82, 2.24) is 42.1 Å². The Morgan fingerprint density at radius 2 is 1.47 bits per heavy atom. The van der Waals surface area contributed by atoms with E-state index in [1.54, 1.807) is 38.1 Å². The highest BCUT2D eigenvalue weighted by Gasteiger charge is 2.40. The molecule has 2 saturated heterocycles. The Kier molecular flexibility index (Phi) is 21.8. The van der Waals surface area contributed by atoms with Crippen LogP contribution in [-0.2, 0) is 51.2 Å². The van der Waals surface area contributed by atoms with Gasteiger partial charge < -0.3 is 58.7 Å². The number of primary amides is 1. The SMILES string of the molecule is CC(C)[C@@H]1NC(=O)[C@H](Cc2ccc(F)cc2)NC(=O)[C@H](Cc2ccc(Cl)cc2)NC(=O)CCCSC[C@@H](C(=O)N2CCC[C@H]2C(=O)N[C@@H](CO)CCCNC(=N)N)NC(=O)[C@H](CC(N)=O)NC1=O. The van der Waals surface area contributed by atoms with Crippen molar-refractivity contribution in [1.29, 1.82) is 5.41 Å². The first kappa shape index (κ1) is 54.6. The maximum absolute atomic E-state index is 14.4. The number of guanidine groups is 1. The highest BCUT2D eigenvalue weighted by atomic mass is 35.5. The second kappa shape index (κ2) is 27.1. The van der Waals surface area contributed by atoms with Crippen molar-refractivity contribution in [2.45, 2.75) is 114 Å². The number of likely N-dealkylation sites (tertiary alicyclic amines) is 1. The molecule has 0 unspecified atom stereocenters. The maximum Gasteiger partial charge on any atom is 0.246 e. The zero-order valence-electron chi connectivity index (χ0n) is 38.1. The first-order chi connectivity index (χ1) is 32.3. The smallest absolute Gasteiger partial charge is 0.246 e. The van der Waals surface area contributed by atoms with E-state index in [0.717, 1.165) is 0 Å². The summed E-state index contributed by atoms with van der Waals surface area (Å²) < 4.78 is 13.9. The Labute approximate surface area is 403 Å². The van der Waals surface area contributed by atoms with E-state index in [1.807, 2.05) is 0 Å². The summed E-state index contributed by atoms with van der Waals surface area (Å²) in [4.78, 5) is 112. The summed E-state index contributed by atoms with van der Waals surface area (Å²) in [6.07, 6.45) is 0.892. The lowest BCUT2D eigenvalue weighted by Crippen LogP contribution is -2.61. The molecular formula is C45H63ClFN11O9S. The molecule has 372 valence electrons. The van der Waals surface area contributed by atoms with Crippen molar-refractivity contribution >= 4 is 76.6 Å². The number of thioether (sulfide) groups is 1. The summed E-state index contributed by atoms with van der Waals surface area (Å²) in [6, 6.07) is 3.38. The Bertz CT molecular complexity index is 2100. The third-order valence-corrected chi connectivity index (χ3v) is 12.7. The quantitative estimate of drug-likeness (QED) is 0.0611. The Balaban J connectivity index is 1.65. The molecule has 13 N–H and O–H groups in total. The Morgan fingerprint density at radius 3 is 2.09 bits per heavy atom. The minimum absolute atomic E-state index is 0.00488. The molecule has 2 aromatic carbocycles. The second-order valence-corrected chi connectivity index (χ2v) is 18.7. The molecule has 7 atom stereocenters. The summed E-state index contributed by atoms with van der Waals surface area (Å²) in [5.41, 5.74) is 12.0. The number of amides is 8. The van der Waals surface area contributed by atoms with Crippen molar-refractivity contribution in [3.05, 3.63) is 70.5 Å². The number of carbonyl (C=O) groups excluding carboxylic acids is 8. The molecule has 8 amide bonds. The van der Waals surface area contributed by atoms with E-state index >= 15 is 0 Å². The molecule has 0 radical (unpaired) electrons. The molecule has 2 aliphatic heterocycles. The average molecular weight is 989 g/mol. The largest absolute Gasteiger partial charge is 0.394 e. The molecule has 2 fully saturated rings. The summed E-state index contributed by atoms with van der Waals surface area (Å²) in [6.45, 7) is 3.33. The van der Waals surface area contributed by atoms with Crippen molar-refractivity contribution in [2.75, 3.05) is 31.2 Å². The number of hydrogen-bond acceptors (Lipinski definition) is 11. The molecular weight excluding hydrogens is 925 g/mol. The van der Waals surface area contributed by atoms with Crippen LogP contribution in [0, 0.1) is 17.1 Å². The molecule has 23 heteroatoms. The average Bonchev–Trinajstić information content (AvgIpc) is 3.79. The van der Waals surface area contributed by atoms with Gasteiger partial charge in [0.1, 0.15) is 42.1 Å². The van der Waals surface area contributed by atoms with Gasteiger partial charge in [0.2, 0.25) is 47.3 Å². The van der Waals surface area contributed by atoms with Crippen LogP contribution in [-0.4, -0.2) is 137 Å². The van der Waals surface area contributed by atoms with Crippen molar-refractivity contribution in [3.8, 4) is 0 Å². The van der Waals surface area contributed by atoms with Crippen LogP contribution in [0.4, 0.5) is 4.39 Å². The topological polar surface area (TPSA) is 320 Å². The second-order valence-electron chi connectivity index (χ2n) is 17.1. The molecule has 20 nitrogen and oxygen atoms in total. The zero-order chi connectivity index (χ0) is 49.9.